The lowest BCUT2D eigenvalue weighted by atomic mass is 10.4. The van der Waals surface area contributed by atoms with Gasteiger partial charge in [0.05, 0.1) is 0 Å². The Morgan fingerprint density at radius 1 is 1.67 bits per heavy atom. The summed E-state index contributed by atoms with van der Waals surface area (Å²) in [6, 6.07) is 0. The number of rotatable bonds is 0. The number of nitrogens with one attached hydrogen (secondary N) is 1. The summed E-state index contributed by atoms with van der Waals surface area (Å²) in [7, 11) is 0. The van der Waals surface area contributed by atoms with Gasteiger partial charge in [0.25, 0.3) is 0 Å². The zero-order valence-corrected chi connectivity index (χ0v) is 3.65. The maximum absolute atomic E-state index is 8.62. The lowest BCUT2D eigenvalue weighted by molar-refractivity contribution is 0.160. The standard InChI is InChI=1S/C4H9NO/c6-4-2-1-3-5-4/h4-6H,1-3H2. The highest BCUT2D eigenvalue weighted by molar-refractivity contribution is 4.61. The van der Waals surface area contributed by atoms with Gasteiger partial charge in [-0.2, -0.15) is 0 Å². The average Bonchev–Trinajstić information content (AvgIpc) is 1.86. The maximum atomic E-state index is 8.62. The fourth-order valence-corrected chi connectivity index (χ4v) is 0.666. The summed E-state index contributed by atoms with van der Waals surface area (Å²) < 4.78 is 0. The van der Waals surface area contributed by atoms with Gasteiger partial charge in [-0.05, 0) is 19.4 Å². The minimum Gasteiger partial charge on any atom is -0.379 e. The van der Waals surface area contributed by atoms with Crippen molar-refractivity contribution < 1.29 is 5.11 Å². The van der Waals surface area contributed by atoms with Crippen molar-refractivity contribution in [2.45, 2.75) is 19.1 Å². The third-order valence-corrected chi connectivity index (χ3v) is 1.03. The molecule has 1 atom stereocenters. The number of aliphatic hydroxyl groups excluding tert-OH is 1. The molecule has 2 N–H and O–H groups in total. The summed E-state index contributed by atoms with van der Waals surface area (Å²) in [4.78, 5) is 0. The first-order valence-electron chi connectivity index (χ1n) is 2.31. The van der Waals surface area contributed by atoms with Gasteiger partial charge in [-0.25, -0.2) is 0 Å². The highest BCUT2D eigenvalue weighted by Gasteiger charge is 2.07. The molecular weight excluding hydrogens is 78.0 g/mol. The molecule has 2 nitrogen and oxygen atoms in total. The second-order valence-electron chi connectivity index (χ2n) is 1.61. The first kappa shape index (κ1) is 4.09. The van der Waals surface area contributed by atoms with Crippen LogP contribution in [0.1, 0.15) is 12.8 Å². The smallest absolute Gasteiger partial charge is 0.104 e. The van der Waals surface area contributed by atoms with E-state index in [1.807, 2.05) is 0 Å². The van der Waals surface area contributed by atoms with E-state index >= 15 is 0 Å². The molecule has 0 aromatic rings. The Balaban J connectivity index is 2.18. The van der Waals surface area contributed by atoms with Crippen LogP contribution in [-0.2, 0) is 0 Å². The largest absolute Gasteiger partial charge is 0.379 e. The molecule has 1 rings (SSSR count). The van der Waals surface area contributed by atoms with Crippen molar-refractivity contribution in [3.8, 4) is 0 Å². The van der Waals surface area contributed by atoms with Crippen molar-refractivity contribution in [1.29, 1.82) is 0 Å². The van der Waals surface area contributed by atoms with Crippen molar-refractivity contribution >= 4 is 0 Å². The van der Waals surface area contributed by atoms with E-state index in [-0.39, 0.29) is 6.23 Å². The molecule has 1 aliphatic heterocycles. The van der Waals surface area contributed by atoms with Crippen LogP contribution in [0.15, 0.2) is 0 Å². The first-order chi connectivity index (χ1) is 2.89. The van der Waals surface area contributed by atoms with E-state index in [0.29, 0.717) is 0 Å². The van der Waals surface area contributed by atoms with Crippen LogP contribution >= 0.6 is 0 Å². The van der Waals surface area contributed by atoms with Crippen LogP contribution in [0.4, 0.5) is 0 Å². The Morgan fingerprint density at radius 2 is 2.50 bits per heavy atom. The van der Waals surface area contributed by atoms with Gasteiger partial charge in [-0.1, -0.05) is 0 Å². The Kier molecular flexibility index (Phi) is 1.08. The van der Waals surface area contributed by atoms with Gasteiger partial charge in [0, 0.05) is 0 Å². The zero-order valence-electron chi connectivity index (χ0n) is 3.65. The van der Waals surface area contributed by atoms with E-state index in [1.165, 1.54) is 0 Å². The summed E-state index contributed by atoms with van der Waals surface area (Å²) in [5.74, 6) is 0. The maximum Gasteiger partial charge on any atom is 0.104 e. The predicted molar refractivity (Wildman–Crippen MR) is 23.2 cm³/mol. The molecule has 1 aliphatic rings. The van der Waals surface area contributed by atoms with Crippen LogP contribution in [0.3, 0.4) is 0 Å². The van der Waals surface area contributed by atoms with Gasteiger partial charge in [-0.3, -0.25) is 5.32 Å². The van der Waals surface area contributed by atoms with Crippen molar-refractivity contribution in [3.05, 3.63) is 0 Å². The quantitative estimate of drug-likeness (QED) is 0.424. The van der Waals surface area contributed by atoms with Gasteiger partial charge in [0.15, 0.2) is 0 Å². The van der Waals surface area contributed by atoms with E-state index < -0.39 is 0 Å². The van der Waals surface area contributed by atoms with Gasteiger partial charge >= 0.3 is 0 Å². The molecule has 0 aliphatic carbocycles. The molecule has 6 heavy (non-hydrogen) atoms. The van der Waals surface area contributed by atoms with Crippen molar-refractivity contribution in [3.63, 3.8) is 0 Å². The van der Waals surface area contributed by atoms with Crippen molar-refractivity contribution in [1.82, 2.24) is 5.32 Å². The number of hydrogen-bond donors (Lipinski definition) is 2. The van der Waals surface area contributed by atoms with Crippen molar-refractivity contribution in [2.75, 3.05) is 6.54 Å². The second kappa shape index (κ2) is 1.58. The molecule has 0 bridgehead atoms. The van der Waals surface area contributed by atoms with Gasteiger partial charge < -0.3 is 5.11 Å². The van der Waals surface area contributed by atoms with Crippen LogP contribution in [0.25, 0.3) is 0 Å². The minimum atomic E-state index is -0.204. The van der Waals surface area contributed by atoms with Gasteiger partial charge in [0.1, 0.15) is 6.23 Å². The van der Waals surface area contributed by atoms with E-state index in [2.05, 4.69) is 5.32 Å². The highest BCUT2D eigenvalue weighted by Crippen LogP contribution is 1.98. The first-order valence-corrected chi connectivity index (χ1v) is 2.31. The van der Waals surface area contributed by atoms with Crippen molar-refractivity contribution in [2.24, 2.45) is 0 Å². The van der Waals surface area contributed by atoms with Crippen LogP contribution in [0.2, 0.25) is 0 Å². The number of aliphatic hydroxyl groups is 1. The van der Waals surface area contributed by atoms with E-state index in [1.54, 1.807) is 0 Å². The third kappa shape index (κ3) is 0.698. The van der Waals surface area contributed by atoms with Gasteiger partial charge in [-0.15, -0.1) is 0 Å². The average molecular weight is 87.1 g/mol. The molecule has 0 spiro atoms. The Hall–Kier alpha value is -0.0800. The molecule has 2 heteroatoms. The van der Waals surface area contributed by atoms with Crippen LogP contribution in [0.5, 0.6) is 0 Å². The lowest BCUT2D eigenvalue weighted by Gasteiger charge is -1.94. The Bertz CT molecular complexity index is 40.8. The summed E-state index contributed by atoms with van der Waals surface area (Å²) >= 11 is 0. The van der Waals surface area contributed by atoms with Crippen LogP contribution < -0.4 is 5.32 Å². The molecule has 0 aromatic heterocycles. The minimum absolute atomic E-state index is 0.204. The van der Waals surface area contributed by atoms with Crippen LogP contribution in [0, 0.1) is 0 Å². The molecule has 1 saturated heterocycles. The summed E-state index contributed by atoms with van der Waals surface area (Å²) in [6.45, 7) is 0.987. The molecule has 0 amide bonds. The summed E-state index contributed by atoms with van der Waals surface area (Å²) in [6.07, 6.45) is 1.85. The third-order valence-electron chi connectivity index (χ3n) is 1.03. The molecule has 0 radical (unpaired) electrons. The van der Waals surface area contributed by atoms with E-state index in [4.69, 9.17) is 5.11 Å². The topological polar surface area (TPSA) is 32.3 Å². The molecule has 0 aromatic carbocycles. The second-order valence-corrected chi connectivity index (χ2v) is 1.61. The van der Waals surface area contributed by atoms with Crippen LogP contribution in [-0.4, -0.2) is 17.9 Å². The molecule has 1 heterocycles. The SMILES string of the molecule is OC1CCCN1. The van der Waals surface area contributed by atoms with Gasteiger partial charge in [0.2, 0.25) is 0 Å². The molecule has 1 unspecified atom stereocenters. The number of hydrogen-bond acceptors (Lipinski definition) is 2. The zero-order chi connectivity index (χ0) is 4.41. The van der Waals surface area contributed by atoms with E-state index in [0.717, 1.165) is 19.4 Å². The monoisotopic (exact) mass is 87.1 g/mol. The van der Waals surface area contributed by atoms with E-state index in [9.17, 15) is 0 Å². The lowest BCUT2D eigenvalue weighted by Crippen LogP contribution is -2.19. The highest BCUT2D eigenvalue weighted by atomic mass is 16.3. The Labute approximate surface area is 37.2 Å². The molecular formula is C4H9NO. The fourth-order valence-electron chi connectivity index (χ4n) is 0.666. The summed E-state index contributed by atoms with van der Waals surface area (Å²) in [5, 5.41) is 11.5. The Morgan fingerprint density at radius 3 is 2.67 bits per heavy atom. The summed E-state index contributed by atoms with van der Waals surface area (Å²) in [5.41, 5.74) is 0. The molecule has 1 fully saturated rings. The normalized spacial score (nSPS) is 34.5. The molecule has 36 valence electrons. The molecule has 0 saturated carbocycles. The fraction of sp³-hybridized carbons (Fsp3) is 1.00. The predicted octanol–water partition coefficient (Wildman–Crippen LogP) is -0.312.